The fourth-order valence-corrected chi connectivity index (χ4v) is 3.92. The molecule has 1 atom stereocenters. The number of fused-ring (bicyclic) bond motifs is 1. The standard InChI is InChI=1S/C24H26N2O/c1-18-5-4-14-26(16-18)17-19-8-10-21(11-9-19)24(27)25-23-13-12-20-6-2-3-7-22(20)15-23/h2-3,6-13,15,18H,4-5,14,16-17H2,1H3,(H,25,27)/t18-/m1/s1. The van der Waals surface area contributed by atoms with E-state index in [-0.39, 0.29) is 5.91 Å². The second-order valence-corrected chi connectivity index (χ2v) is 7.70. The summed E-state index contributed by atoms with van der Waals surface area (Å²) in [6.07, 6.45) is 2.62. The van der Waals surface area contributed by atoms with Crippen molar-refractivity contribution >= 4 is 22.4 Å². The Morgan fingerprint density at radius 2 is 1.81 bits per heavy atom. The van der Waals surface area contributed by atoms with Crippen LogP contribution < -0.4 is 5.32 Å². The first-order valence-corrected chi connectivity index (χ1v) is 9.79. The number of carbonyl (C=O) groups is 1. The van der Waals surface area contributed by atoms with Crippen LogP contribution in [-0.2, 0) is 6.54 Å². The van der Waals surface area contributed by atoms with Crippen LogP contribution in [0.2, 0.25) is 0 Å². The maximum Gasteiger partial charge on any atom is 0.255 e. The summed E-state index contributed by atoms with van der Waals surface area (Å²) in [6, 6.07) is 22.2. The summed E-state index contributed by atoms with van der Waals surface area (Å²) < 4.78 is 0. The minimum absolute atomic E-state index is 0.0663. The number of piperidine rings is 1. The third-order valence-electron chi connectivity index (χ3n) is 5.37. The van der Waals surface area contributed by atoms with Crippen LogP contribution in [0.25, 0.3) is 10.8 Å². The van der Waals surface area contributed by atoms with E-state index in [1.165, 1.54) is 36.9 Å². The average Bonchev–Trinajstić information content (AvgIpc) is 2.68. The second-order valence-electron chi connectivity index (χ2n) is 7.70. The zero-order valence-corrected chi connectivity index (χ0v) is 15.8. The molecule has 3 nitrogen and oxygen atoms in total. The molecule has 3 aromatic rings. The maximum absolute atomic E-state index is 12.6. The Hall–Kier alpha value is -2.65. The van der Waals surface area contributed by atoms with Crippen LogP contribution in [0.5, 0.6) is 0 Å². The lowest BCUT2D eigenvalue weighted by molar-refractivity contribution is 0.102. The van der Waals surface area contributed by atoms with Gasteiger partial charge in [0, 0.05) is 24.3 Å². The number of anilines is 1. The molecule has 0 aliphatic carbocycles. The second kappa shape index (κ2) is 7.93. The predicted molar refractivity (Wildman–Crippen MR) is 112 cm³/mol. The van der Waals surface area contributed by atoms with Crippen molar-refractivity contribution in [2.75, 3.05) is 18.4 Å². The first-order valence-electron chi connectivity index (χ1n) is 9.79. The molecule has 0 spiro atoms. The van der Waals surface area contributed by atoms with Crippen molar-refractivity contribution in [1.82, 2.24) is 4.90 Å². The lowest BCUT2D eigenvalue weighted by Crippen LogP contribution is -2.33. The van der Waals surface area contributed by atoms with Crippen molar-refractivity contribution < 1.29 is 4.79 Å². The molecule has 1 heterocycles. The molecule has 1 amide bonds. The molecule has 1 aliphatic rings. The number of nitrogens with zero attached hydrogens (tertiary/aromatic N) is 1. The average molecular weight is 358 g/mol. The lowest BCUT2D eigenvalue weighted by atomic mass is 9.99. The Morgan fingerprint density at radius 3 is 2.59 bits per heavy atom. The van der Waals surface area contributed by atoms with Gasteiger partial charge < -0.3 is 5.32 Å². The van der Waals surface area contributed by atoms with E-state index in [1.807, 2.05) is 42.5 Å². The smallest absolute Gasteiger partial charge is 0.255 e. The molecule has 3 aromatic carbocycles. The molecule has 0 aromatic heterocycles. The highest BCUT2D eigenvalue weighted by molar-refractivity contribution is 6.05. The fourth-order valence-electron chi connectivity index (χ4n) is 3.92. The Labute approximate surface area is 161 Å². The molecule has 27 heavy (non-hydrogen) atoms. The van der Waals surface area contributed by atoms with Gasteiger partial charge in [-0.05, 0) is 65.9 Å². The van der Waals surface area contributed by atoms with E-state index in [0.717, 1.165) is 23.5 Å². The molecule has 1 aliphatic heterocycles. The van der Waals surface area contributed by atoms with Gasteiger partial charge in [-0.15, -0.1) is 0 Å². The number of nitrogens with one attached hydrogen (secondary N) is 1. The van der Waals surface area contributed by atoms with Gasteiger partial charge in [-0.25, -0.2) is 0 Å². The number of amides is 1. The van der Waals surface area contributed by atoms with Crippen LogP contribution in [0.1, 0.15) is 35.7 Å². The number of hydrogen-bond donors (Lipinski definition) is 1. The van der Waals surface area contributed by atoms with Gasteiger partial charge in [-0.3, -0.25) is 9.69 Å². The normalized spacial score (nSPS) is 17.7. The Balaban J connectivity index is 1.41. The topological polar surface area (TPSA) is 32.3 Å². The van der Waals surface area contributed by atoms with Crippen molar-refractivity contribution in [2.45, 2.75) is 26.3 Å². The Kier molecular flexibility index (Phi) is 5.21. The van der Waals surface area contributed by atoms with E-state index in [2.05, 4.69) is 41.4 Å². The van der Waals surface area contributed by atoms with Gasteiger partial charge in [0.15, 0.2) is 0 Å². The molecule has 1 fully saturated rings. The van der Waals surface area contributed by atoms with Gasteiger partial charge in [-0.1, -0.05) is 49.4 Å². The zero-order valence-electron chi connectivity index (χ0n) is 15.8. The van der Waals surface area contributed by atoms with Gasteiger partial charge in [0.25, 0.3) is 5.91 Å². The molecule has 4 rings (SSSR count). The summed E-state index contributed by atoms with van der Waals surface area (Å²) in [4.78, 5) is 15.1. The lowest BCUT2D eigenvalue weighted by Gasteiger charge is -2.30. The van der Waals surface area contributed by atoms with Gasteiger partial charge in [0.2, 0.25) is 0 Å². The predicted octanol–water partition coefficient (Wildman–Crippen LogP) is 5.32. The highest BCUT2D eigenvalue weighted by atomic mass is 16.1. The van der Waals surface area contributed by atoms with Crippen LogP contribution in [0.4, 0.5) is 5.69 Å². The van der Waals surface area contributed by atoms with Crippen molar-refractivity contribution in [3.05, 3.63) is 77.9 Å². The summed E-state index contributed by atoms with van der Waals surface area (Å²) in [7, 11) is 0. The van der Waals surface area contributed by atoms with Gasteiger partial charge >= 0.3 is 0 Å². The zero-order chi connectivity index (χ0) is 18.6. The number of carbonyl (C=O) groups excluding carboxylic acids is 1. The van der Waals surface area contributed by atoms with Crippen molar-refractivity contribution in [3.8, 4) is 0 Å². The minimum Gasteiger partial charge on any atom is -0.322 e. The van der Waals surface area contributed by atoms with Crippen molar-refractivity contribution in [3.63, 3.8) is 0 Å². The SMILES string of the molecule is C[C@@H]1CCCN(Cc2ccc(C(=O)Nc3ccc4ccccc4c3)cc2)C1. The molecule has 138 valence electrons. The molecular formula is C24H26N2O. The molecule has 0 unspecified atom stereocenters. The van der Waals surface area contributed by atoms with E-state index >= 15 is 0 Å². The molecule has 0 bridgehead atoms. The van der Waals surface area contributed by atoms with Crippen LogP contribution in [0.3, 0.4) is 0 Å². The highest BCUT2D eigenvalue weighted by Crippen LogP contribution is 2.20. The summed E-state index contributed by atoms with van der Waals surface area (Å²) >= 11 is 0. The largest absolute Gasteiger partial charge is 0.322 e. The Morgan fingerprint density at radius 1 is 1.04 bits per heavy atom. The molecule has 0 saturated carbocycles. The minimum atomic E-state index is -0.0663. The maximum atomic E-state index is 12.6. The first kappa shape index (κ1) is 17.7. The van der Waals surface area contributed by atoms with Crippen LogP contribution in [-0.4, -0.2) is 23.9 Å². The monoisotopic (exact) mass is 358 g/mol. The number of likely N-dealkylation sites (tertiary alicyclic amines) is 1. The highest BCUT2D eigenvalue weighted by Gasteiger charge is 2.16. The van der Waals surface area contributed by atoms with Gasteiger partial charge in [0.05, 0.1) is 0 Å². The summed E-state index contributed by atoms with van der Waals surface area (Å²) in [5.74, 6) is 0.717. The third kappa shape index (κ3) is 4.37. The summed E-state index contributed by atoms with van der Waals surface area (Å²) in [6.45, 7) is 5.64. The van der Waals surface area contributed by atoms with Gasteiger partial charge in [0.1, 0.15) is 0 Å². The van der Waals surface area contributed by atoms with E-state index in [9.17, 15) is 4.79 Å². The van der Waals surface area contributed by atoms with Crippen LogP contribution in [0.15, 0.2) is 66.7 Å². The van der Waals surface area contributed by atoms with Gasteiger partial charge in [-0.2, -0.15) is 0 Å². The quantitative estimate of drug-likeness (QED) is 0.684. The van der Waals surface area contributed by atoms with E-state index < -0.39 is 0 Å². The third-order valence-corrected chi connectivity index (χ3v) is 5.37. The summed E-state index contributed by atoms with van der Waals surface area (Å²) in [5.41, 5.74) is 2.79. The Bertz CT molecular complexity index is 933. The first-order chi connectivity index (χ1) is 13.2. The molecule has 1 N–H and O–H groups in total. The van der Waals surface area contributed by atoms with E-state index in [0.29, 0.717) is 5.56 Å². The summed E-state index contributed by atoms with van der Waals surface area (Å²) in [5, 5.41) is 5.31. The molecule has 0 radical (unpaired) electrons. The number of rotatable bonds is 4. The van der Waals surface area contributed by atoms with Crippen molar-refractivity contribution in [2.24, 2.45) is 5.92 Å². The molecular weight excluding hydrogens is 332 g/mol. The van der Waals surface area contributed by atoms with Crippen LogP contribution >= 0.6 is 0 Å². The van der Waals surface area contributed by atoms with E-state index in [1.54, 1.807) is 0 Å². The number of benzene rings is 3. The molecule has 3 heteroatoms. The number of hydrogen-bond acceptors (Lipinski definition) is 2. The molecule has 1 saturated heterocycles. The van der Waals surface area contributed by atoms with Crippen LogP contribution in [0, 0.1) is 5.92 Å². The van der Waals surface area contributed by atoms with E-state index in [4.69, 9.17) is 0 Å². The van der Waals surface area contributed by atoms with Crippen molar-refractivity contribution in [1.29, 1.82) is 0 Å². The fraction of sp³-hybridized carbons (Fsp3) is 0.292.